The van der Waals surface area contributed by atoms with Crippen LogP contribution < -0.4 is 10.6 Å². The van der Waals surface area contributed by atoms with E-state index in [0.717, 1.165) is 54.6 Å². The number of unbranched alkanes of at least 4 members (excludes halogenated alkanes) is 11. The predicted octanol–water partition coefficient (Wildman–Crippen LogP) is 9.66. The molecule has 4 nitrogen and oxygen atoms in total. The van der Waals surface area contributed by atoms with E-state index in [1.54, 1.807) is 0 Å². The molecule has 38 heavy (non-hydrogen) atoms. The first-order chi connectivity index (χ1) is 18.4. The second-order valence-electron chi connectivity index (χ2n) is 11.0. The first-order valence-electron chi connectivity index (χ1n) is 15.2. The Balaban J connectivity index is 1.70. The van der Waals surface area contributed by atoms with Crippen molar-refractivity contribution in [1.82, 2.24) is 0 Å². The van der Waals surface area contributed by atoms with E-state index in [2.05, 4.69) is 55.7 Å². The van der Waals surface area contributed by atoms with Crippen LogP contribution in [0.4, 0.5) is 11.4 Å². The highest BCUT2D eigenvalue weighted by molar-refractivity contribution is 5.92. The van der Waals surface area contributed by atoms with Gasteiger partial charge in [-0.3, -0.25) is 9.59 Å². The van der Waals surface area contributed by atoms with E-state index < -0.39 is 0 Å². The summed E-state index contributed by atoms with van der Waals surface area (Å²) in [6.07, 6.45) is 18.1. The lowest BCUT2D eigenvalue weighted by Crippen LogP contribution is -2.12. The molecule has 0 fully saturated rings. The highest BCUT2D eigenvalue weighted by Gasteiger charge is 2.08. The van der Waals surface area contributed by atoms with Crippen LogP contribution in [0.15, 0.2) is 36.4 Å². The fraction of sp³-hybridized carbons (Fsp3) is 0.588. The van der Waals surface area contributed by atoms with E-state index in [-0.39, 0.29) is 11.8 Å². The van der Waals surface area contributed by atoms with Crippen LogP contribution in [-0.4, -0.2) is 11.8 Å². The number of benzene rings is 2. The quantitative estimate of drug-likeness (QED) is 0.181. The van der Waals surface area contributed by atoms with Crippen LogP contribution in [0, 0.1) is 13.8 Å². The van der Waals surface area contributed by atoms with Gasteiger partial charge in [-0.1, -0.05) is 109 Å². The summed E-state index contributed by atoms with van der Waals surface area (Å²) in [7, 11) is 0. The Morgan fingerprint density at radius 2 is 0.947 bits per heavy atom. The molecule has 4 heteroatoms. The van der Waals surface area contributed by atoms with E-state index >= 15 is 0 Å². The third kappa shape index (κ3) is 12.8. The van der Waals surface area contributed by atoms with Crippen molar-refractivity contribution in [3.8, 4) is 0 Å². The molecule has 0 aliphatic rings. The first-order valence-corrected chi connectivity index (χ1v) is 15.2. The summed E-state index contributed by atoms with van der Waals surface area (Å²) < 4.78 is 0. The van der Waals surface area contributed by atoms with E-state index in [1.165, 1.54) is 68.9 Å². The summed E-state index contributed by atoms with van der Waals surface area (Å²) in [6, 6.07) is 12.5. The summed E-state index contributed by atoms with van der Waals surface area (Å²) in [4.78, 5) is 24.5. The lowest BCUT2D eigenvalue weighted by molar-refractivity contribution is -0.117. The highest BCUT2D eigenvalue weighted by Crippen LogP contribution is 2.22. The van der Waals surface area contributed by atoms with Crippen molar-refractivity contribution in [3.05, 3.63) is 58.7 Å². The van der Waals surface area contributed by atoms with Gasteiger partial charge in [0.15, 0.2) is 0 Å². The molecule has 0 aliphatic heterocycles. The maximum Gasteiger partial charge on any atom is 0.224 e. The Bertz CT molecular complexity index is 982. The van der Waals surface area contributed by atoms with Crippen molar-refractivity contribution >= 4 is 23.2 Å². The molecule has 0 atom stereocenters. The second kappa shape index (κ2) is 18.6. The molecule has 2 amide bonds. The van der Waals surface area contributed by atoms with Gasteiger partial charge in [-0.15, -0.1) is 0 Å². The lowest BCUT2D eigenvalue weighted by Gasteiger charge is -2.12. The smallest absolute Gasteiger partial charge is 0.224 e. The van der Waals surface area contributed by atoms with Gasteiger partial charge in [-0.05, 0) is 67.5 Å². The number of amides is 2. The Morgan fingerprint density at radius 1 is 0.553 bits per heavy atom. The van der Waals surface area contributed by atoms with Gasteiger partial charge in [0, 0.05) is 24.2 Å². The molecule has 0 bridgehead atoms. The van der Waals surface area contributed by atoms with Gasteiger partial charge in [-0.25, -0.2) is 0 Å². The van der Waals surface area contributed by atoms with E-state index in [4.69, 9.17) is 0 Å². The molecule has 210 valence electrons. The minimum absolute atomic E-state index is 0.0828. The summed E-state index contributed by atoms with van der Waals surface area (Å²) in [5, 5.41) is 6.14. The molecule has 0 heterocycles. The molecule has 2 aromatic rings. The molecule has 2 N–H and O–H groups in total. The van der Waals surface area contributed by atoms with E-state index in [1.807, 2.05) is 19.1 Å². The molecular weight excluding hydrogens is 468 g/mol. The molecule has 0 spiro atoms. The number of hydrogen-bond acceptors (Lipinski definition) is 2. The van der Waals surface area contributed by atoms with E-state index in [0.29, 0.717) is 12.8 Å². The average molecular weight is 521 g/mol. The lowest BCUT2D eigenvalue weighted by atomic mass is 10.00. The molecule has 2 aromatic carbocycles. The van der Waals surface area contributed by atoms with Gasteiger partial charge in [-0.2, -0.15) is 0 Å². The van der Waals surface area contributed by atoms with Crippen molar-refractivity contribution in [2.45, 2.75) is 130 Å². The van der Waals surface area contributed by atoms with Gasteiger partial charge in [0.05, 0.1) is 0 Å². The zero-order chi connectivity index (χ0) is 27.6. The number of anilines is 2. The number of carbonyl (C=O) groups excluding carboxylic acids is 2. The number of nitrogens with one attached hydrogen (secondary N) is 2. The SMILES string of the molecule is CCCCCCCCCCCCCC(=O)Nc1ccc(Cc2ccc(NC(=O)CCCC)c(C)c2)cc1C. The van der Waals surface area contributed by atoms with Crippen molar-refractivity contribution in [1.29, 1.82) is 0 Å². The van der Waals surface area contributed by atoms with Crippen LogP contribution >= 0.6 is 0 Å². The standard InChI is InChI=1S/C34H52N2O2/c1-5-7-9-10-11-12-13-14-15-16-17-19-34(38)36-32-23-21-30(25-28(32)4)26-29-20-22-31(27(3)24-29)35-33(37)18-8-6-2/h20-25H,5-19,26H2,1-4H3,(H,35,37)(H,36,38). The summed E-state index contributed by atoms with van der Waals surface area (Å²) >= 11 is 0. The third-order valence-corrected chi connectivity index (χ3v) is 7.30. The number of carbonyl (C=O) groups is 2. The monoisotopic (exact) mass is 520 g/mol. The Kier molecular flexibility index (Phi) is 15.5. The van der Waals surface area contributed by atoms with Crippen molar-refractivity contribution in [3.63, 3.8) is 0 Å². The van der Waals surface area contributed by atoms with Gasteiger partial charge in [0.2, 0.25) is 11.8 Å². The zero-order valence-corrected chi connectivity index (χ0v) is 24.6. The Morgan fingerprint density at radius 3 is 1.37 bits per heavy atom. The normalized spacial score (nSPS) is 10.9. The molecule has 0 radical (unpaired) electrons. The predicted molar refractivity (Wildman–Crippen MR) is 163 cm³/mol. The number of rotatable bonds is 19. The largest absolute Gasteiger partial charge is 0.326 e. The fourth-order valence-electron chi connectivity index (χ4n) is 4.90. The molecule has 2 rings (SSSR count). The van der Waals surface area contributed by atoms with Crippen LogP contribution in [0.3, 0.4) is 0 Å². The molecule has 0 aliphatic carbocycles. The third-order valence-electron chi connectivity index (χ3n) is 7.30. The maximum atomic E-state index is 12.5. The summed E-state index contributed by atoms with van der Waals surface area (Å²) in [5.41, 5.74) is 6.39. The second-order valence-corrected chi connectivity index (χ2v) is 11.0. The van der Waals surface area contributed by atoms with Crippen LogP contribution in [0.1, 0.15) is 132 Å². The molecule has 0 unspecified atom stereocenters. The fourth-order valence-corrected chi connectivity index (χ4v) is 4.90. The van der Waals surface area contributed by atoms with Crippen molar-refractivity contribution in [2.75, 3.05) is 10.6 Å². The Labute approximate surface area is 232 Å². The van der Waals surface area contributed by atoms with Gasteiger partial charge in [0.1, 0.15) is 0 Å². The minimum atomic E-state index is 0.0828. The number of aryl methyl sites for hydroxylation is 2. The van der Waals surface area contributed by atoms with Crippen LogP contribution in [0.25, 0.3) is 0 Å². The van der Waals surface area contributed by atoms with Crippen LogP contribution in [0.5, 0.6) is 0 Å². The average Bonchev–Trinajstić information content (AvgIpc) is 2.89. The topological polar surface area (TPSA) is 58.2 Å². The minimum Gasteiger partial charge on any atom is -0.326 e. The van der Waals surface area contributed by atoms with E-state index in [9.17, 15) is 9.59 Å². The Hall–Kier alpha value is -2.62. The molecule has 0 saturated heterocycles. The van der Waals surface area contributed by atoms with Crippen LogP contribution in [0.2, 0.25) is 0 Å². The van der Waals surface area contributed by atoms with Gasteiger partial charge >= 0.3 is 0 Å². The first kappa shape index (κ1) is 31.6. The summed E-state index contributed by atoms with van der Waals surface area (Å²) in [6.45, 7) is 8.45. The number of hydrogen-bond donors (Lipinski definition) is 2. The van der Waals surface area contributed by atoms with Gasteiger partial charge in [0.25, 0.3) is 0 Å². The van der Waals surface area contributed by atoms with Gasteiger partial charge < -0.3 is 10.6 Å². The van der Waals surface area contributed by atoms with Crippen molar-refractivity contribution in [2.24, 2.45) is 0 Å². The molecule has 0 saturated carbocycles. The van der Waals surface area contributed by atoms with Crippen LogP contribution in [-0.2, 0) is 16.0 Å². The highest BCUT2D eigenvalue weighted by atomic mass is 16.2. The molecular formula is C34H52N2O2. The zero-order valence-electron chi connectivity index (χ0n) is 24.6. The van der Waals surface area contributed by atoms with Crippen molar-refractivity contribution < 1.29 is 9.59 Å². The maximum absolute atomic E-state index is 12.5. The molecule has 0 aromatic heterocycles. The summed E-state index contributed by atoms with van der Waals surface area (Å²) in [5.74, 6) is 0.198.